The maximum atomic E-state index is 13.9. The lowest BCUT2D eigenvalue weighted by Gasteiger charge is -2.51. The van der Waals surface area contributed by atoms with Crippen LogP contribution < -0.4 is 0 Å². The molecule has 0 aromatic rings. The molecule has 2 aliphatic carbocycles. The summed E-state index contributed by atoms with van der Waals surface area (Å²) in [6.45, 7) is 3.81. The minimum absolute atomic E-state index is 0.0340. The van der Waals surface area contributed by atoms with Crippen LogP contribution in [0, 0.1) is 29.1 Å². The van der Waals surface area contributed by atoms with E-state index in [-0.39, 0.29) is 37.5 Å². The van der Waals surface area contributed by atoms with Crippen molar-refractivity contribution in [3.63, 3.8) is 0 Å². The number of rotatable bonds is 2. The fraction of sp³-hybridized carbons (Fsp3) is 1.00. The molecule has 2 saturated carbocycles. The van der Waals surface area contributed by atoms with E-state index < -0.39 is 29.6 Å². The lowest BCUT2D eigenvalue weighted by Crippen LogP contribution is -2.60. The standard InChI is InChI=1S/C17H26F6/c1-11-3-7-13(8-4-11)15(16(18,19)20,17(21,22)23)14-9-5-12(2)6-10-14/h11-14H,3-10H2,1-2H3. The molecule has 2 rings (SSSR count). The van der Waals surface area contributed by atoms with Crippen LogP contribution in [-0.4, -0.2) is 12.4 Å². The molecule has 0 amide bonds. The molecule has 23 heavy (non-hydrogen) atoms. The van der Waals surface area contributed by atoms with Gasteiger partial charge in [-0.1, -0.05) is 39.5 Å². The Morgan fingerprint density at radius 3 is 1.00 bits per heavy atom. The van der Waals surface area contributed by atoms with Crippen molar-refractivity contribution in [2.45, 2.75) is 77.6 Å². The summed E-state index contributed by atoms with van der Waals surface area (Å²) in [6.07, 6.45) is -8.49. The molecular formula is C17H26F6. The maximum Gasteiger partial charge on any atom is 0.403 e. The molecular weight excluding hydrogens is 318 g/mol. The lowest BCUT2D eigenvalue weighted by molar-refractivity contribution is -0.382. The van der Waals surface area contributed by atoms with Crippen LogP contribution in [0.15, 0.2) is 0 Å². The lowest BCUT2D eigenvalue weighted by atomic mass is 9.56. The van der Waals surface area contributed by atoms with Crippen LogP contribution in [0.5, 0.6) is 0 Å². The predicted octanol–water partition coefficient (Wildman–Crippen LogP) is 6.75. The van der Waals surface area contributed by atoms with Crippen molar-refractivity contribution in [1.82, 2.24) is 0 Å². The van der Waals surface area contributed by atoms with Crippen molar-refractivity contribution in [1.29, 1.82) is 0 Å². The molecule has 0 bridgehead atoms. The molecule has 0 saturated heterocycles. The average Bonchev–Trinajstić information content (AvgIpc) is 2.40. The number of hydrogen-bond donors (Lipinski definition) is 0. The summed E-state index contributed by atoms with van der Waals surface area (Å²) in [7, 11) is 0. The minimum Gasteiger partial charge on any atom is -0.170 e. The van der Waals surface area contributed by atoms with E-state index in [9.17, 15) is 26.3 Å². The highest BCUT2D eigenvalue weighted by molar-refractivity contribution is 5.04. The van der Waals surface area contributed by atoms with Gasteiger partial charge >= 0.3 is 12.4 Å². The van der Waals surface area contributed by atoms with E-state index in [2.05, 4.69) is 0 Å². The number of alkyl halides is 6. The summed E-state index contributed by atoms with van der Waals surface area (Å²) < 4.78 is 83.5. The second-order valence-electron chi connectivity index (χ2n) is 7.78. The third kappa shape index (κ3) is 3.37. The van der Waals surface area contributed by atoms with Crippen molar-refractivity contribution < 1.29 is 26.3 Å². The zero-order chi connectivity index (χ0) is 17.5. The summed E-state index contributed by atoms with van der Waals surface area (Å²) >= 11 is 0. The predicted molar refractivity (Wildman–Crippen MR) is 76.8 cm³/mol. The van der Waals surface area contributed by atoms with Crippen molar-refractivity contribution in [2.24, 2.45) is 29.1 Å². The van der Waals surface area contributed by atoms with Gasteiger partial charge in [-0.3, -0.25) is 0 Å². The largest absolute Gasteiger partial charge is 0.403 e. The summed E-state index contributed by atoms with van der Waals surface area (Å²) in [5.41, 5.74) is -3.51. The summed E-state index contributed by atoms with van der Waals surface area (Å²) in [6, 6.07) is 0. The molecule has 0 nitrogen and oxygen atoms in total. The van der Waals surface area contributed by atoms with Crippen LogP contribution in [0.4, 0.5) is 26.3 Å². The first-order valence-corrected chi connectivity index (χ1v) is 8.63. The van der Waals surface area contributed by atoms with E-state index in [4.69, 9.17) is 0 Å². The Morgan fingerprint density at radius 1 is 0.522 bits per heavy atom. The highest BCUT2D eigenvalue weighted by atomic mass is 19.4. The smallest absolute Gasteiger partial charge is 0.170 e. The van der Waals surface area contributed by atoms with E-state index in [0.717, 1.165) is 0 Å². The molecule has 0 unspecified atom stereocenters. The van der Waals surface area contributed by atoms with Gasteiger partial charge < -0.3 is 0 Å². The Balaban J connectivity index is 2.43. The summed E-state index contributed by atoms with van der Waals surface area (Å²) in [5.74, 6) is -2.21. The van der Waals surface area contributed by atoms with Gasteiger partial charge in [-0.25, -0.2) is 0 Å². The van der Waals surface area contributed by atoms with Gasteiger partial charge in [0.1, 0.15) is 0 Å². The molecule has 0 spiro atoms. The number of halogens is 6. The van der Waals surface area contributed by atoms with Gasteiger partial charge in [-0.05, 0) is 49.4 Å². The van der Waals surface area contributed by atoms with Gasteiger partial charge in [0.05, 0.1) is 0 Å². The van der Waals surface area contributed by atoms with Crippen LogP contribution in [0.3, 0.4) is 0 Å². The highest BCUT2D eigenvalue weighted by Crippen LogP contribution is 2.65. The number of hydrogen-bond acceptors (Lipinski definition) is 0. The van der Waals surface area contributed by atoms with Gasteiger partial charge in [-0.15, -0.1) is 0 Å². The first-order valence-electron chi connectivity index (χ1n) is 8.63. The Kier molecular flexibility index (Phi) is 5.32. The monoisotopic (exact) mass is 344 g/mol. The van der Waals surface area contributed by atoms with E-state index >= 15 is 0 Å². The molecule has 6 heteroatoms. The second-order valence-corrected chi connectivity index (χ2v) is 7.78. The van der Waals surface area contributed by atoms with E-state index in [0.29, 0.717) is 25.7 Å². The van der Waals surface area contributed by atoms with Crippen molar-refractivity contribution in [2.75, 3.05) is 0 Å². The Morgan fingerprint density at radius 2 is 0.783 bits per heavy atom. The van der Waals surface area contributed by atoms with Gasteiger partial charge in [0.25, 0.3) is 0 Å². The fourth-order valence-corrected chi connectivity index (χ4v) is 4.85. The van der Waals surface area contributed by atoms with Gasteiger partial charge in [0, 0.05) is 0 Å². The zero-order valence-electron chi connectivity index (χ0n) is 13.7. The van der Waals surface area contributed by atoms with E-state index in [1.54, 1.807) is 0 Å². The normalized spacial score (nSPS) is 34.4. The van der Waals surface area contributed by atoms with Gasteiger partial charge in [-0.2, -0.15) is 26.3 Å². The third-order valence-corrected chi connectivity index (χ3v) is 6.26. The quantitative estimate of drug-likeness (QED) is 0.486. The van der Waals surface area contributed by atoms with Crippen LogP contribution in [0.25, 0.3) is 0 Å². The Labute approximate surface area is 134 Å². The molecule has 0 aromatic carbocycles. The van der Waals surface area contributed by atoms with E-state index in [1.807, 2.05) is 13.8 Å². The van der Waals surface area contributed by atoms with Crippen molar-refractivity contribution in [3.05, 3.63) is 0 Å². The topological polar surface area (TPSA) is 0 Å². The molecule has 2 fully saturated rings. The molecule has 0 aromatic heterocycles. The zero-order valence-corrected chi connectivity index (χ0v) is 13.7. The van der Waals surface area contributed by atoms with Crippen LogP contribution in [-0.2, 0) is 0 Å². The molecule has 0 aliphatic heterocycles. The second kappa shape index (κ2) is 6.47. The first kappa shape index (κ1) is 18.9. The maximum absolute atomic E-state index is 13.9. The molecule has 136 valence electrons. The Hall–Kier alpha value is -0.420. The third-order valence-electron chi connectivity index (χ3n) is 6.26. The van der Waals surface area contributed by atoms with Crippen LogP contribution >= 0.6 is 0 Å². The molecule has 0 atom stereocenters. The SMILES string of the molecule is CC1CCC(C(C2CCC(C)CC2)(C(F)(F)F)C(F)(F)F)CC1. The fourth-order valence-electron chi connectivity index (χ4n) is 4.85. The van der Waals surface area contributed by atoms with Crippen LogP contribution in [0.2, 0.25) is 0 Å². The summed E-state index contributed by atoms with van der Waals surface area (Å²) in [4.78, 5) is 0. The van der Waals surface area contributed by atoms with Crippen molar-refractivity contribution in [3.8, 4) is 0 Å². The van der Waals surface area contributed by atoms with Crippen LogP contribution in [0.1, 0.15) is 65.2 Å². The minimum atomic E-state index is -5.23. The molecule has 2 aliphatic rings. The highest BCUT2D eigenvalue weighted by Gasteiger charge is 2.76. The first-order chi connectivity index (χ1) is 10.5. The van der Waals surface area contributed by atoms with Crippen molar-refractivity contribution >= 4 is 0 Å². The summed E-state index contributed by atoms with van der Waals surface area (Å²) in [5, 5.41) is 0. The van der Waals surface area contributed by atoms with Gasteiger partial charge in [0.15, 0.2) is 5.41 Å². The van der Waals surface area contributed by atoms with E-state index in [1.165, 1.54) is 0 Å². The Bertz CT molecular complexity index is 343. The molecule has 0 radical (unpaired) electrons. The van der Waals surface area contributed by atoms with Gasteiger partial charge in [0.2, 0.25) is 0 Å². The molecule has 0 N–H and O–H groups in total. The molecule has 0 heterocycles. The average molecular weight is 344 g/mol.